The predicted molar refractivity (Wildman–Crippen MR) is 80.1 cm³/mol. The second-order valence-corrected chi connectivity index (χ2v) is 5.03. The van der Waals surface area contributed by atoms with Crippen molar-refractivity contribution >= 4 is 11.8 Å². The van der Waals surface area contributed by atoms with E-state index in [1.807, 2.05) is 0 Å². The maximum absolute atomic E-state index is 13.5. The SMILES string of the molecule is Cc1occc1C(=O)NCC(=O)NCC(O)c1c(F)cccc1F. The molecule has 2 aromatic rings. The summed E-state index contributed by atoms with van der Waals surface area (Å²) in [6, 6.07) is 4.66. The van der Waals surface area contributed by atoms with Crippen LogP contribution in [0.1, 0.15) is 27.8 Å². The highest BCUT2D eigenvalue weighted by atomic mass is 19.1. The number of benzene rings is 1. The van der Waals surface area contributed by atoms with Crippen molar-refractivity contribution in [1.29, 1.82) is 0 Å². The fraction of sp³-hybridized carbons (Fsp3) is 0.250. The molecular weight excluding hydrogens is 322 g/mol. The summed E-state index contributed by atoms with van der Waals surface area (Å²) in [5.74, 6) is -2.49. The topological polar surface area (TPSA) is 91.6 Å². The van der Waals surface area contributed by atoms with Gasteiger partial charge in [0, 0.05) is 6.54 Å². The van der Waals surface area contributed by atoms with Gasteiger partial charge in [0.2, 0.25) is 5.91 Å². The Balaban J connectivity index is 1.83. The summed E-state index contributed by atoms with van der Waals surface area (Å²) in [5, 5.41) is 14.5. The van der Waals surface area contributed by atoms with Gasteiger partial charge in [0.05, 0.1) is 23.9 Å². The lowest BCUT2D eigenvalue weighted by Crippen LogP contribution is -2.38. The first-order chi connectivity index (χ1) is 11.4. The van der Waals surface area contributed by atoms with Gasteiger partial charge in [0.25, 0.3) is 5.91 Å². The number of furan rings is 1. The Morgan fingerprint density at radius 2 is 1.88 bits per heavy atom. The molecule has 0 spiro atoms. The molecule has 0 aliphatic carbocycles. The molecular formula is C16H16F2N2O4. The normalized spacial score (nSPS) is 11.8. The Labute approximate surface area is 136 Å². The molecule has 0 saturated carbocycles. The van der Waals surface area contributed by atoms with Crippen LogP contribution < -0.4 is 10.6 Å². The van der Waals surface area contributed by atoms with Crippen molar-refractivity contribution in [2.45, 2.75) is 13.0 Å². The number of rotatable bonds is 6. The van der Waals surface area contributed by atoms with Gasteiger partial charge in [-0.1, -0.05) is 6.07 Å². The number of aryl methyl sites for hydroxylation is 1. The van der Waals surface area contributed by atoms with Gasteiger partial charge >= 0.3 is 0 Å². The lowest BCUT2D eigenvalue weighted by molar-refractivity contribution is -0.120. The molecule has 0 radical (unpaired) electrons. The minimum atomic E-state index is -1.54. The third kappa shape index (κ3) is 4.17. The number of carbonyl (C=O) groups excluding carboxylic acids is 2. The van der Waals surface area contributed by atoms with Gasteiger partial charge in [-0.15, -0.1) is 0 Å². The first kappa shape index (κ1) is 17.6. The Morgan fingerprint density at radius 3 is 2.46 bits per heavy atom. The van der Waals surface area contributed by atoms with Crippen LogP contribution in [-0.2, 0) is 4.79 Å². The molecule has 3 N–H and O–H groups in total. The first-order valence-corrected chi connectivity index (χ1v) is 7.11. The van der Waals surface area contributed by atoms with Crippen molar-refractivity contribution in [3.63, 3.8) is 0 Å². The molecule has 0 aliphatic heterocycles. The predicted octanol–water partition coefficient (Wildman–Crippen LogP) is 1.45. The fourth-order valence-corrected chi connectivity index (χ4v) is 2.08. The van der Waals surface area contributed by atoms with E-state index in [4.69, 9.17) is 4.42 Å². The van der Waals surface area contributed by atoms with Crippen molar-refractivity contribution in [3.8, 4) is 0 Å². The van der Waals surface area contributed by atoms with E-state index in [1.54, 1.807) is 6.92 Å². The number of aliphatic hydroxyl groups excluding tert-OH is 1. The molecule has 0 aliphatic rings. The number of hydrogen-bond donors (Lipinski definition) is 3. The van der Waals surface area contributed by atoms with Gasteiger partial charge in [-0.25, -0.2) is 8.78 Å². The summed E-state index contributed by atoms with van der Waals surface area (Å²) in [6.45, 7) is 0.863. The number of amides is 2. The molecule has 1 aromatic carbocycles. The number of hydrogen-bond acceptors (Lipinski definition) is 4. The van der Waals surface area contributed by atoms with Crippen LogP contribution >= 0.6 is 0 Å². The van der Waals surface area contributed by atoms with E-state index < -0.39 is 41.7 Å². The van der Waals surface area contributed by atoms with Crippen LogP contribution in [0.5, 0.6) is 0 Å². The molecule has 128 valence electrons. The zero-order valence-corrected chi connectivity index (χ0v) is 12.8. The van der Waals surface area contributed by atoms with E-state index in [0.29, 0.717) is 11.3 Å². The molecule has 24 heavy (non-hydrogen) atoms. The maximum Gasteiger partial charge on any atom is 0.255 e. The van der Waals surface area contributed by atoms with Crippen LogP contribution in [0.15, 0.2) is 34.9 Å². The Bertz CT molecular complexity index is 725. The number of aliphatic hydroxyl groups is 1. The molecule has 8 heteroatoms. The minimum Gasteiger partial charge on any atom is -0.469 e. The summed E-state index contributed by atoms with van der Waals surface area (Å²) in [4.78, 5) is 23.4. The van der Waals surface area contributed by atoms with Crippen LogP contribution in [0.3, 0.4) is 0 Å². The molecule has 1 unspecified atom stereocenters. The van der Waals surface area contributed by atoms with Crippen molar-refractivity contribution in [2.24, 2.45) is 0 Å². The van der Waals surface area contributed by atoms with Crippen molar-refractivity contribution in [3.05, 3.63) is 59.1 Å². The van der Waals surface area contributed by atoms with Gasteiger partial charge in [0.15, 0.2) is 0 Å². The van der Waals surface area contributed by atoms with Gasteiger partial charge in [-0.3, -0.25) is 9.59 Å². The first-order valence-electron chi connectivity index (χ1n) is 7.11. The summed E-state index contributed by atoms with van der Waals surface area (Å²) in [6.07, 6.45) is -0.189. The minimum absolute atomic E-state index is 0.302. The van der Waals surface area contributed by atoms with E-state index in [0.717, 1.165) is 12.1 Å². The number of halogens is 2. The Hall–Kier alpha value is -2.74. The smallest absolute Gasteiger partial charge is 0.255 e. The van der Waals surface area contributed by atoms with Crippen LogP contribution in [0.4, 0.5) is 8.78 Å². The van der Waals surface area contributed by atoms with Crippen molar-refractivity contribution < 1.29 is 27.9 Å². The van der Waals surface area contributed by atoms with Gasteiger partial charge in [-0.2, -0.15) is 0 Å². The molecule has 1 aromatic heterocycles. The Kier molecular flexibility index (Phi) is 5.64. The highest BCUT2D eigenvalue weighted by molar-refractivity contribution is 5.97. The van der Waals surface area contributed by atoms with Crippen LogP contribution in [0.25, 0.3) is 0 Å². The van der Waals surface area contributed by atoms with Gasteiger partial charge < -0.3 is 20.2 Å². The Morgan fingerprint density at radius 1 is 1.21 bits per heavy atom. The molecule has 0 bridgehead atoms. The fourth-order valence-electron chi connectivity index (χ4n) is 2.08. The lowest BCUT2D eigenvalue weighted by atomic mass is 10.1. The lowest BCUT2D eigenvalue weighted by Gasteiger charge is -2.14. The molecule has 0 saturated heterocycles. The summed E-state index contributed by atoms with van der Waals surface area (Å²) in [7, 11) is 0. The molecule has 1 atom stereocenters. The highest BCUT2D eigenvalue weighted by Gasteiger charge is 2.19. The van der Waals surface area contributed by atoms with E-state index in [2.05, 4.69) is 10.6 Å². The number of carbonyl (C=O) groups is 2. The second-order valence-electron chi connectivity index (χ2n) is 5.03. The van der Waals surface area contributed by atoms with Crippen molar-refractivity contribution in [1.82, 2.24) is 10.6 Å². The van der Waals surface area contributed by atoms with Crippen LogP contribution in [0.2, 0.25) is 0 Å². The van der Waals surface area contributed by atoms with Gasteiger partial charge in [-0.05, 0) is 25.1 Å². The van der Waals surface area contributed by atoms with Crippen molar-refractivity contribution in [2.75, 3.05) is 13.1 Å². The largest absolute Gasteiger partial charge is 0.469 e. The third-order valence-electron chi connectivity index (χ3n) is 3.34. The summed E-state index contributed by atoms with van der Waals surface area (Å²) < 4.78 is 32.0. The quantitative estimate of drug-likeness (QED) is 0.743. The zero-order valence-electron chi connectivity index (χ0n) is 12.8. The van der Waals surface area contributed by atoms with E-state index >= 15 is 0 Å². The molecule has 2 amide bonds. The monoisotopic (exact) mass is 338 g/mol. The summed E-state index contributed by atoms with van der Waals surface area (Å²) >= 11 is 0. The second kappa shape index (κ2) is 7.69. The third-order valence-corrected chi connectivity index (χ3v) is 3.34. The van der Waals surface area contributed by atoms with Crippen LogP contribution in [-0.4, -0.2) is 30.0 Å². The highest BCUT2D eigenvalue weighted by Crippen LogP contribution is 2.19. The molecule has 1 heterocycles. The molecule has 0 fully saturated rings. The molecule has 6 nitrogen and oxygen atoms in total. The maximum atomic E-state index is 13.5. The van der Waals surface area contributed by atoms with E-state index in [9.17, 15) is 23.5 Å². The van der Waals surface area contributed by atoms with E-state index in [-0.39, 0.29) is 6.54 Å². The average Bonchev–Trinajstić information content (AvgIpc) is 2.96. The molecule has 2 rings (SSSR count). The average molecular weight is 338 g/mol. The van der Waals surface area contributed by atoms with E-state index in [1.165, 1.54) is 18.4 Å². The standard InChI is InChI=1S/C16H16F2N2O4/c1-9-10(5-6-24-9)16(23)20-8-14(22)19-7-13(21)15-11(17)3-2-4-12(15)18/h2-6,13,21H,7-8H2,1H3,(H,19,22)(H,20,23). The van der Waals surface area contributed by atoms with Crippen LogP contribution in [0, 0.1) is 18.6 Å². The zero-order chi connectivity index (χ0) is 17.7. The number of nitrogens with one attached hydrogen (secondary N) is 2. The summed E-state index contributed by atoms with van der Waals surface area (Å²) in [5.41, 5.74) is -0.216. The van der Waals surface area contributed by atoms with Gasteiger partial charge in [0.1, 0.15) is 23.5 Å².